The van der Waals surface area contributed by atoms with Gasteiger partial charge in [-0.25, -0.2) is 14.4 Å². The molecule has 0 radical (unpaired) electrons. The van der Waals surface area contributed by atoms with E-state index < -0.39 is 27.9 Å². The van der Waals surface area contributed by atoms with Gasteiger partial charge in [0.1, 0.15) is 17.3 Å². The van der Waals surface area contributed by atoms with E-state index in [9.17, 15) is 26.0 Å². The highest BCUT2D eigenvalue weighted by Gasteiger charge is 2.33. The lowest BCUT2D eigenvalue weighted by Crippen LogP contribution is -2.39. The number of alkyl halides is 3. The highest BCUT2D eigenvalue weighted by atomic mass is 35.5. The zero-order chi connectivity index (χ0) is 24.5. The van der Waals surface area contributed by atoms with Crippen LogP contribution in [0.4, 0.5) is 29.1 Å². The molecule has 0 aliphatic carbocycles. The fourth-order valence-electron chi connectivity index (χ4n) is 3.65. The van der Waals surface area contributed by atoms with Crippen LogP contribution in [0.5, 0.6) is 0 Å². The first-order valence-corrected chi connectivity index (χ1v) is 12.2. The summed E-state index contributed by atoms with van der Waals surface area (Å²) in [6, 6.07) is 6.25. The number of benzene rings is 1. The van der Waals surface area contributed by atoms with Crippen molar-refractivity contribution in [1.29, 1.82) is 0 Å². The Kier molecular flexibility index (Phi) is 6.83. The van der Waals surface area contributed by atoms with Crippen LogP contribution in [0.2, 0.25) is 5.02 Å². The van der Waals surface area contributed by atoms with E-state index in [0.29, 0.717) is 23.5 Å². The third kappa shape index (κ3) is 5.50. The van der Waals surface area contributed by atoms with Crippen molar-refractivity contribution in [2.45, 2.75) is 32.0 Å². The van der Waals surface area contributed by atoms with Gasteiger partial charge in [0, 0.05) is 41.3 Å². The molecule has 4 rings (SSSR count). The molecule has 1 aromatic carbocycles. The number of rotatable bonds is 6. The minimum absolute atomic E-state index is 0.00638. The first kappa shape index (κ1) is 24.4. The highest BCUT2D eigenvalue weighted by molar-refractivity contribution is 7.90. The quantitative estimate of drug-likeness (QED) is 0.439. The molecule has 0 unspecified atom stereocenters. The molecule has 1 aliphatic rings. The summed E-state index contributed by atoms with van der Waals surface area (Å²) < 4.78 is 83.1. The maximum absolute atomic E-state index is 14.4. The Labute approximate surface area is 198 Å². The standard InChI is InChI=1S/C21H20ClF4N5O2S/c22-14-4-5-17-15(9-14)18(10-19(29-17)21(24,25)26)27-11-13-8-20(28-12-16(13)23)30-34(32,33)31-6-2-1-3-7-31/h4-5,8-10,12H,1-3,6-7,11H2,(H,27,29)(H,28,30). The van der Waals surface area contributed by atoms with Crippen molar-refractivity contribution in [3.8, 4) is 0 Å². The fraction of sp³-hybridized carbons (Fsp3) is 0.333. The molecule has 34 heavy (non-hydrogen) atoms. The third-order valence-electron chi connectivity index (χ3n) is 5.35. The SMILES string of the molecule is O=S(=O)(Nc1cc(CNc2cc(C(F)(F)F)nc3ccc(Cl)cc23)c(F)cn1)N1CCCCC1. The van der Waals surface area contributed by atoms with Gasteiger partial charge in [-0.05, 0) is 43.2 Å². The van der Waals surface area contributed by atoms with Crippen molar-refractivity contribution in [1.82, 2.24) is 14.3 Å². The van der Waals surface area contributed by atoms with Gasteiger partial charge in [-0.1, -0.05) is 18.0 Å². The number of fused-ring (bicyclic) bond motifs is 1. The molecule has 1 saturated heterocycles. The van der Waals surface area contributed by atoms with Gasteiger partial charge < -0.3 is 5.32 Å². The van der Waals surface area contributed by atoms with Crippen LogP contribution in [0.15, 0.2) is 36.5 Å². The molecule has 2 N–H and O–H groups in total. The second-order valence-electron chi connectivity index (χ2n) is 7.80. The van der Waals surface area contributed by atoms with Crippen LogP contribution in [0.25, 0.3) is 10.9 Å². The molecule has 0 spiro atoms. The van der Waals surface area contributed by atoms with Gasteiger partial charge in [0.25, 0.3) is 0 Å². The maximum Gasteiger partial charge on any atom is 0.433 e. The second kappa shape index (κ2) is 9.51. The topological polar surface area (TPSA) is 87.2 Å². The Morgan fingerprint density at radius 2 is 1.82 bits per heavy atom. The highest BCUT2D eigenvalue weighted by Crippen LogP contribution is 2.34. The Bertz CT molecular complexity index is 1310. The predicted octanol–water partition coefficient (Wildman–Crippen LogP) is 5.20. The van der Waals surface area contributed by atoms with Crippen molar-refractivity contribution in [3.63, 3.8) is 0 Å². The van der Waals surface area contributed by atoms with Gasteiger partial charge in [0.15, 0.2) is 0 Å². The molecule has 7 nitrogen and oxygen atoms in total. The van der Waals surface area contributed by atoms with Gasteiger partial charge >= 0.3 is 16.4 Å². The van der Waals surface area contributed by atoms with Gasteiger partial charge in [-0.2, -0.15) is 25.9 Å². The van der Waals surface area contributed by atoms with E-state index in [0.717, 1.165) is 31.5 Å². The zero-order valence-electron chi connectivity index (χ0n) is 17.7. The van der Waals surface area contributed by atoms with Gasteiger partial charge in [-0.3, -0.25) is 4.72 Å². The van der Waals surface area contributed by atoms with E-state index in [-0.39, 0.29) is 29.1 Å². The molecule has 182 valence electrons. The molecular weight excluding hydrogens is 498 g/mol. The summed E-state index contributed by atoms with van der Waals surface area (Å²) >= 11 is 5.99. The normalized spacial score (nSPS) is 15.4. The molecule has 3 aromatic rings. The Morgan fingerprint density at radius 3 is 2.53 bits per heavy atom. The van der Waals surface area contributed by atoms with Crippen molar-refractivity contribution in [3.05, 3.63) is 58.6 Å². The molecule has 1 aliphatic heterocycles. The summed E-state index contributed by atoms with van der Waals surface area (Å²) in [7, 11) is -3.86. The number of aromatic nitrogens is 2. The maximum atomic E-state index is 14.4. The van der Waals surface area contributed by atoms with Crippen molar-refractivity contribution >= 4 is 44.2 Å². The molecule has 1 fully saturated rings. The molecule has 3 heterocycles. The van der Waals surface area contributed by atoms with Gasteiger partial charge in [0.2, 0.25) is 0 Å². The van der Waals surface area contributed by atoms with Crippen LogP contribution in [0.3, 0.4) is 0 Å². The minimum atomic E-state index is -4.69. The average Bonchev–Trinajstić information content (AvgIpc) is 2.79. The Morgan fingerprint density at radius 1 is 1.09 bits per heavy atom. The van der Waals surface area contributed by atoms with Gasteiger partial charge in [0.05, 0.1) is 11.7 Å². The average molecular weight is 518 g/mol. The molecule has 2 aromatic heterocycles. The lowest BCUT2D eigenvalue weighted by atomic mass is 10.1. The molecule has 0 saturated carbocycles. The summed E-state index contributed by atoms with van der Waals surface area (Å²) in [4.78, 5) is 7.42. The monoisotopic (exact) mass is 517 g/mol. The summed E-state index contributed by atoms with van der Waals surface area (Å²) in [5, 5.41) is 3.40. The lowest BCUT2D eigenvalue weighted by molar-refractivity contribution is -0.140. The van der Waals surface area contributed by atoms with E-state index in [2.05, 4.69) is 20.0 Å². The number of hydrogen-bond acceptors (Lipinski definition) is 5. The van der Waals surface area contributed by atoms with E-state index in [1.165, 1.54) is 28.6 Å². The molecule has 0 amide bonds. The molecule has 0 bridgehead atoms. The lowest BCUT2D eigenvalue weighted by Gasteiger charge is -2.26. The van der Waals surface area contributed by atoms with Gasteiger partial charge in [-0.15, -0.1) is 0 Å². The number of halogens is 5. The largest absolute Gasteiger partial charge is 0.433 e. The van der Waals surface area contributed by atoms with E-state index in [1.54, 1.807) is 0 Å². The van der Waals surface area contributed by atoms with Crippen LogP contribution >= 0.6 is 11.6 Å². The molecular formula is C21H20ClF4N5O2S. The van der Waals surface area contributed by atoms with Crippen molar-refractivity contribution < 1.29 is 26.0 Å². The summed E-state index contributed by atoms with van der Waals surface area (Å²) in [5.74, 6) is -0.844. The Balaban J connectivity index is 1.60. The van der Waals surface area contributed by atoms with E-state index >= 15 is 0 Å². The number of piperidine rings is 1. The van der Waals surface area contributed by atoms with Crippen LogP contribution < -0.4 is 10.0 Å². The second-order valence-corrected chi connectivity index (χ2v) is 9.90. The first-order chi connectivity index (χ1) is 16.0. The fourth-order valence-corrected chi connectivity index (χ4v) is 5.07. The molecule has 13 heteroatoms. The van der Waals surface area contributed by atoms with Crippen molar-refractivity contribution in [2.24, 2.45) is 0 Å². The summed E-state index contributed by atoms with van der Waals surface area (Å²) in [5.41, 5.74) is -1.000. The number of nitrogens with one attached hydrogen (secondary N) is 2. The number of hydrogen-bond donors (Lipinski definition) is 2. The zero-order valence-corrected chi connectivity index (χ0v) is 19.2. The van der Waals surface area contributed by atoms with E-state index in [4.69, 9.17) is 11.6 Å². The van der Waals surface area contributed by atoms with Crippen LogP contribution in [-0.4, -0.2) is 35.8 Å². The minimum Gasteiger partial charge on any atom is -0.380 e. The van der Waals surface area contributed by atoms with Crippen LogP contribution in [-0.2, 0) is 22.9 Å². The summed E-state index contributed by atoms with van der Waals surface area (Å²) in [6.07, 6.45) is -1.39. The van der Waals surface area contributed by atoms with Crippen LogP contribution in [0.1, 0.15) is 30.5 Å². The van der Waals surface area contributed by atoms with Crippen molar-refractivity contribution in [2.75, 3.05) is 23.1 Å². The van der Waals surface area contributed by atoms with Crippen LogP contribution in [0, 0.1) is 5.82 Å². The summed E-state index contributed by atoms with van der Waals surface area (Å²) in [6.45, 7) is 0.518. The predicted molar refractivity (Wildman–Crippen MR) is 121 cm³/mol. The third-order valence-corrected chi connectivity index (χ3v) is 7.10. The Hall–Kier alpha value is -2.70. The molecule has 0 atom stereocenters. The number of nitrogens with zero attached hydrogens (tertiary/aromatic N) is 3. The smallest absolute Gasteiger partial charge is 0.380 e. The first-order valence-electron chi connectivity index (χ1n) is 10.4. The van der Waals surface area contributed by atoms with E-state index in [1.807, 2.05) is 0 Å². The number of pyridine rings is 2. The number of anilines is 2.